The number of hydrogen-bond donors (Lipinski definition) is 1. The van der Waals surface area contributed by atoms with Crippen LogP contribution in [0.3, 0.4) is 0 Å². The van der Waals surface area contributed by atoms with Gasteiger partial charge in [0.15, 0.2) is 5.69 Å². The van der Waals surface area contributed by atoms with Crippen LogP contribution in [0.25, 0.3) is 0 Å². The smallest absolute Gasteiger partial charge is 0.433 e. The van der Waals surface area contributed by atoms with E-state index in [1.807, 2.05) is 0 Å². The summed E-state index contributed by atoms with van der Waals surface area (Å²) in [6.45, 7) is 0. The molecule has 0 saturated heterocycles. The van der Waals surface area contributed by atoms with Gasteiger partial charge >= 0.3 is 12.1 Å². The zero-order chi connectivity index (χ0) is 13.4. The molecule has 9 heteroatoms. The van der Waals surface area contributed by atoms with Crippen molar-refractivity contribution in [1.29, 1.82) is 0 Å². The van der Waals surface area contributed by atoms with Gasteiger partial charge in [-0.05, 0) is 6.07 Å². The van der Waals surface area contributed by atoms with Gasteiger partial charge in [-0.25, -0.2) is 18.6 Å². The molecule has 0 fully saturated rings. The summed E-state index contributed by atoms with van der Waals surface area (Å²) in [4.78, 5) is 13.2. The lowest BCUT2D eigenvalue weighted by molar-refractivity contribution is -0.141. The molecule has 0 saturated carbocycles. The van der Waals surface area contributed by atoms with E-state index in [0.717, 1.165) is 0 Å². The highest BCUT2D eigenvalue weighted by atomic mass is 35.5. The van der Waals surface area contributed by atoms with Crippen LogP contribution >= 0.6 is 11.6 Å². The first-order valence-corrected chi connectivity index (χ1v) is 4.31. The highest BCUT2D eigenvalue weighted by Crippen LogP contribution is 2.35. The molecular formula is C8H3ClF5NO2. The molecule has 1 N–H and O–H groups in total. The molecule has 1 heterocycles. The summed E-state index contributed by atoms with van der Waals surface area (Å²) in [5.41, 5.74) is -4.20. The summed E-state index contributed by atoms with van der Waals surface area (Å²) >= 11 is 5.23. The second kappa shape index (κ2) is 4.44. The van der Waals surface area contributed by atoms with E-state index in [2.05, 4.69) is 4.98 Å². The normalized spacial score (nSPS) is 11.9. The van der Waals surface area contributed by atoms with Crippen molar-refractivity contribution in [1.82, 2.24) is 4.98 Å². The summed E-state index contributed by atoms with van der Waals surface area (Å²) in [5.74, 6) is -1.91. The standard InChI is InChI=1S/C8H3ClF5NO2/c9-4-2(6(10)11)1-3(8(12,13)14)15-5(4)7(16)17/h1,6H,(H,16,17). The molecule has 17 heavy (non-hydrogen) atoms. The quantitative estimate of drug-likeness (QED) is 0.842. The van der Waals surface area contributed by atoms with Gasteiger partial charge in [0.1, 0.15) is 5.69 Å². The van der Waals surface area contributed by atoms with Crippen LogP contribution in [0.1, 0.15) is 28.2 Å². The lowest BCUT2D eigenvalue weighted by atomic mass is 10.2. The predicted octanol–water partition coefficient (Wildman–Crippen LogP) is 3.39. The van der Waals surface area contributed by atoms with Gasteiger partial charge in [-0.3, -0.25) is 0 Å². The molecule has 0 radical (unpaired) electrons. The largest absolute Gasteiger partial charge is 0.476 e. The fourth-order valence-corrected chi connectivity index (χ4v) is 1.26. The lowest BCUT2D eigenvalue weighted by Crippen LogP contribution is -2.14. The SMILES string of the molecule is O=C(O)c1nc(C(F)(F)F)cc(C(F)F)c1Cl. The molecule has 1 aromatic rings. The highest BCUT2D eigenvalue weighted by molar-refractivity contribution is 6.34. The van der Waals surface area contributed by atoms with E-state index in [0.29, 0.717) is 0 Å². The lowest BCUT2D eigenvalue weighted by Gasteiger charge is -2.11. The van der Waals surface area contributed by atoms with Crippen LogP contribution in [0, 0.1) is 0 Å². The Morgan fingerprint density at radius 2 is 1.94 bits per heavy atom. The molecular weight excluding hydrogens is 273 g/mol. The van der Waals surface area contributed by atoms with Gasteiger partial charge in [-0.15, -0.1) is 0 Å². The number of carboxylic acids is 1. The Hall–Kier alpha value is -1.44. The third-order valence-electron chi connectivity index (χ3n) is 1.71. The molecule has 0 aromatic carbocycles. The molecule has 0 amide bonds. The van der Waals surface area contributed by atoms with E-state index in [1.54, 1.807) is 0 Å². The van der Waals surface area contributed by atoms with Gasteiger partial charge in [0, 0.05) is 5.56 Å². The fraction of sp³-hybridized carbons (Fsp3) is 0.250. The number of rotatable bonds is 2. The molecule has 94 valence electrons. The number of hydrogen-bond acceptors (Lipinski definition) is 2. The fourth-order valence-electron chi connectivity index (χ4n) is 0.995. The molecule has 0 aliphatic rings. The van der Waals surface area contributed by atoms with Crippen LogP contribution in [0.4, 0.5) is 22.0 Å². The summed E-state index contributed by atoms with van der Waals surface area (Å²) in [5, 5.41) is 7.50. The van der Waals surface area contributed by atoms with Crippen LogP contribution in [0.2, 0.25) is 5.02 Å². The van der Waals surface area contributed by atoms with Gasteiger partial charge in [-0.2, -0.15) is 13.2 Å². The maximum atomic E-state index is 12.4. The van der Waals surface area contributed by atoms with Gasteiger partial charge < -0.3 is 5.11 Å². The predicted molar refractivity (Wildman–Crippen MR) is 46.2 cm³/mol. The Bertz CT molecular complexity index is 460. The number of nitrogens with zero attached hydrogens (tertiary/aromatic N) is 1. The zero-order valence-corrected chi connectivity index (χ0v) is 8.48. The Labute approximate surface area is 95.8 Å². The van der Waals surface area contributed by atoms with Crippen LogP contribution in [0.5, 0.6) is 0 Å². The van der Waals surface area contributed by atoms with Crippen LogP contribution in [-0.2, 0) is 6.18 Å². The summed E-state index contributed by atoms with van der Waals surface area (Å²) in [6, 6.07) is 0.0272. The van der Waals surface area contributed by atoms with Crippen molar-refractivity contribution >= 4 is 17.6 Å². The Balaban J connectivity index is 3.53. The topological polar surface area (TPSA) is 50.2 Å². The third kappa shape index (κ3) is 2.82. The van der Waals surface area contributed by atoms with E-state index in [-0.39, 0.29) is 6.07 Å². The molecule has 1 rings (SSSR count). The number of halogens is 6. The summed E-state index contributed by atoms with van der Waals surface area (Å²) in [7, 11) is 0. The van der Waals surface area contributed by atoms with Crippen molar-refractivity contribution in [2.24, 2.45) is 0 Å². The molecule has 0 aliphatic carbocycles. The average molecular weight is 276 g/mol. The van der Waals surface area contributed by atoms with Crippen LogP contribution in [0.15, 0.2) is 6.07 Å². The summed E-state index contributed by atoms with van der Waals surface area (Å²) < 4.78 is 61.5. The van der Waals surface area contributed by atoms with Crippen molar-refractivity contribution in [3.8, 4) is 0 Å². The molecule has 0 bridgehead atoms. The maximum Gasteiger partial charge on any atom is 0.433 e. The van der Waals surface area contributed by atoms with Crippen molar-refractivity contribution in [3.63, 3.8) is 0 Å². The van der Waals surface area contributed by atoms with Crippen LogP contribution < -0.4 is 0 Å². The minimum Gasteiger partial charge on any atom is -0.476 e. The minimum absolute atomic E-state index is 0.0272. The van der Waals surface area contributed by atoms with Crippen molar-refractivity contribution < 1.29 is 31.9 Å². The van der Waals surface area contributed by atoms with E-state index >= 15 is 0 Å². The Morgan fingerprint density at radius 1 is 1.41 bits per heavy atom. The number of carbonyl (C=O) groups is 1. The van der Waals surface area contributed by atoms with E-state index in [1.165, 1.54) is 0 Å². The minimum atomic E-state index is -5.03. The molecule has 0 spiro atoms. The molecule has 1 aromatic heterocycles. The molecule has 0 aliphatic heterocycles. The van der Waals surface area contributed by atoms with Gasteiger partial charge in [0.05, 0.1) is 5.02 Å². The first-order chi connectivity index (χ1) is 7.64. The second-order valence-electron chi connectivity index (χ2n) is 2.86. The zero-order valence-electron chi connectivity index (χ0n) is 7.73. The monoisotopic (exact) mass is 275 g/mol. The first-order valence-electron chi connectivity index (χ1n) is 3.93. The van der Waals surface area contributed by atoms with Gasteiger partial charge in [-0.1, -0.05) is 11.6 Å². The molecule has 3 nitrogen and oxygen atoms in total. The second-order valence-corrected chi connectivity index (χ2v) is 3.24. The summed E-state index contributed by atoms with van der Waals surface area (Å²) in [6.07, 6.45) is -8.36. The van der Waals surface area contributed by atoms with E-state index in [9.17, 15) is 26.7 Å². The van der Waals surface area contributed by atoms with E-state index < -0.39 is 40.5 Å². The highest BCUT2D eigenvalue weighted by Gasteiger charge is 2.36. The molecule has 0 unspecified atom stereocenters. The number of alkyl halides is 5. The van der Waals surface area contributed by atoms with Crippen molar-refractivity contribution in [3.05, 3.63) is 28.0 Å². The van der Waals surface area contributed by atoms with Gasteiger partial charge in [0.25, 0.3) is 6.43 Å². The van der Waals surface area contributed by atoms with Crippen molar-refractivity contribution in [2.75, 3.05) is 0 Å². The number of aromatic nitrogens is 1. The third-order valence-corrected chi connectivity index (χ3v) is 2.11. The Morgan fingerprint density at radius 3 is 2.29 bits per heavy atom. The van der Waals surface area contributed by atoms with Gasteiger partial charge in [0.2, 0.25) is 0 Å². The number of carboxylic acid groups (broad SMARTS) is 1. The average Bonchev–Trinajstić information content (AvgIpc) is 2.14. The molecule has 0 atom stereocenters. The van der Waals surface area contributed by atoms with Crippen LogP contribution in [-0.4, -0.2) is 16.1 Å². The van der Waals surface area contributed by atoms with E-state index in [4.69, 9.17) is 16.7 Å². The number of pyridine rings is 1. The Kier molecular flexibility index (Phi) is 3.56. The maximum absolute atomic E-state index is 12.4. The number of aromatic carboxylic acids is 1. The van der Waals surface area contributed by atoms with Crippen molar-refractivity contribution in [2.45, 2.75) is 12.6 Å². The first kappa shape index (κ1) is 13.6.